The van der Waals surface area contributed by atoms with Gasteiger partial charge in [0.15, 0.2) is 0 Å². The van der Waals surface area contributed by atoms with Gasteiger partial charge in [-0.2, -0.15) is 0 Å². The lowest BCUT2D eigenvalue weighted by molar-refractivity contribution is 0.508. The van der Waals surface area contributed by atoms with Crippen molar-refractivity contribution in [2.45, 2.75) is 32.1 Å². The molecular weight excluding hydrogens is 264 g/mol. The van der Waals surface area contributed by atoms with E-state index in [1.54, 1.807) is 6.07 Å². The molecule has 0 fully saturated rings. The summed E-state index contributed by atoms with van der Waals surface area (Å²) in [6, 6.07) is 5.48. The van der Waals surface area contributed by atoms with Crippen LogP contribution >= 0.6 is 11.6 Å². The Bertz CT molecular complexity index is 690. The maximum absolute atomic E-state index is 11.3. The normalized spacial score (nSPS) is 14.5. The third-order valence-corrected chi connectivity index (χ3v) is 3.84. The lowest BCUT2D eigenvalue weighted by Crippen LogP contribution is -2.28. The predicted octanol–water partition coefficient (Wildman–Crippen LogP) is 2.93. The number of hydrogen-bond donors (Lipinski definition) is 2. The van der Waals surface area contributed by atoms with Gasteiger partial charge < -0.3 is 9.97 Å². The average molecular weight is 281 g/mol. The van der Waals surface area contributed by atoms with Crippen LogP contribution in [-0.2, 0) is 0 Å². The van der Waals surface area contributed by atoms with Crippen molar-refractivity contribution in [1.82, 2.24) is 9.97 Å². The molecule has 2 aromatic rings. The zero-order valence-electron chi connectivity index (χ0n) is 11.0. The Hall–Kier alpha value is -1.55. The number of alkyl halides is 1. The molecular formula is C14H17ClN2O2. The summed E-state index contributed by atoms with van der Waals surface area (Å²) in [6.45, 7) is 4.30. The Labute approximate surface area is 115 Å². The minimum Gasteiger partial charge on any atom is -0.316 e. The van der Waals surface area contributed by atoms with E-state index in [2.05, 4.69) is 23.8 Å². The Kier molecular flexibility index (Phi) is 4.10. The molecule has 0 spiro atoms. The fraction of sp³-hybridized carbons (Fsp3) is 0.429. The van der Waals surface area contributed by atoms with E-state index in [1.165, 1.54) is 0 Å². The first-order chi connectivity index (χ1) is 9.01. The van der Waals surface area contributed by atoms with Crippen LogP contribution in [0, 0.1) is 5.92 Å². The summed E-state index contributed by atoms with van der Waals surface area (Å²) in [5, 5.41) is -0.0882. The zero-order chi connectivity index (χ0) is 14.0. The second-order valence-corrected chi connectivity index (χ2v) is 5.46. The predicted molar refractivity (Wildman–Crippen MR) is 77.9 cm³/mol. The van der Waals surface area contributed by atoms with Crippen LogP contribution in [0.25, 0.3) is 11.0 Å². The minimum absolute atomic E-state index is 0.0882. The van der Waals surface area contributed by atoms with E-state index in [0.717, 1.165) is 18.4 Å². The fourth-order valence-electron chi connectivity index (χ4n) is 1.98. The molecule has 19 heavy (non-hydrogen) atoms. The van der Waals surface area contributed by atoms with Crippen LogP contribution in [0.5, 0.6) is 0 Å². The van der Waals surface area contributed by atoms with E-state index in [0.29, 0.717) is 17.0 Å². The lowest BCUT2D eigenvalue weighted by atomic mass is 9.98. The lowest BCUT2D eigenvalue weighted by Gasteiger charge is -2.14. The van der Waals surface area contributed by atoms with Gasteiger partial charge >= 0.3 is 11.1 Å². The number of aromatic amines is 2. The fourth-order valence-corrected chi connectivity index (χ4v) is 2.42. The molecule has 2 rings (SSSR count). The second-order valence-electron chi connectivity index (χ2n) is 4.93. The number of hydrogen-bond acceptors (Lipinski definition) is 2. The van der Waals surface area contributed by atoms with E-state index >= 15 is 0 Å². The van der Waals surface area contributed by atoms with Crippen molar-refractivity contribution >= 4 is 22.6 Å². The van der Waals surface area contributed by atoms with Crippen LogP contribution in [-0.4, -0.2) is 9.97 Å². The SMILES string of the molecule is CCC(C)CC(Cl)c1ccc2[nH]c(=O)c(=O)[nH]c2c1. The van der Waals surface area contributed by atoms with Gasteiger partial charge in [0.2, 0.25) is 0 Å². The van der Waals surface area contributed by atoms with E-state index < -0.39 is 11.1 Å². The molecule has 2 N–H and O–H groups in total. The van der Waals surface area contributed by atoms with E-state index in [9.17, 15) is 9.59 Å². The van der Waals surface area contributed by atoms with E-state index in [4.69, 9.17) is 11.6 Å². The number of rotatable bonds is 4. The third-order valence-electron chi connectivity index (χ3n) is 3.41. The highest BCUT2D eigenvalue weighted by Crippen LogP contribution is 2.29. The first-order valence-corrected chi connectivity index (χ1v) is 6.85. The Morgan fingerprint density at radius 1 is 1.16 bits per heavy atom. The second kappa shape index (κ2) is 5.61. The highest BCUT2D eigenvalue weighted by atomic mass is 35.5. The Morgan fingerprint density at radius 3 is 2.42 bits per heavy atom. The maximum atomic E-state index is 11.3. The number of nitrogens with one attached hydrogen (secondary N) is 2. The average Bonchev–Trinajstić information content (AvgIpc) is 2.39. The first kappa shape index (κ1) is 13.9. The number of H-pyrrole nitrogens is 2. The van der Waals surface area contributed by atoms with E-state index in [-0.39, 0.29) is 5.38 Å². The van der Waals surface area contributed by atoms with Gasteiger partial charge in [0, 0.05) is 0 Å². The molecule has 5 heteroatoms. The van der Waals surface area contributed by atoms with Crippen LogP contribution in [0.3, 0.4) is 0 Å². The van der Waals surface area contributed by atoms with E-state index in [1.807, 2.05) is 12.1 Å². The van der Waals surface area contributed by atoms with Gasteiger partial charge in [0.1, 0.15) is 0 Å². The van der Waals surface area contributed by atoms with Crippen molar-refractivity contribution in [3.05, 3.63) is 44.5 Å². The molecule has 0 aliphatic rings. The van der Waals surface area contributed by atoms with Crippen molar-refractivity contribution < 1.29 is 0 Å². The van der Waals surface area contributed by atoms with Gasteiger partial charge in [-0.1, -0.05) is 26.3 Å². The molecule has 0 aliphatic heterocycles. The van der Waals surface area contributed by atoms with Gasteiger partial charge in [-0.25, -0.2) is 0 Å². The quantitative estimate of drug-likeness (QED) is 0.668. The molecule has 0 saturated heterocycles. The highest BCUT2D eigenvalue weighted by molar-refractivity contribution is 6.20. The van der Waals surface area contributed by atoms with Gasteiger partial charge in [-0.3, -0.25) is 9.59 Å². The van der Waals surface area contributed by atoms with Crippen molar-refractivity contribution in [2.75, 3.05) is 0 Å². The Balaban J connectivity index is 2.38. The summed E-state index contributed by atoms with van der Waals surface area (Å²) in [4.78, 5) is 27.6. The van der Waals surface area contributed by atoms with Crippen LogP contribution in [0.2, 0.25) is 0 Å². The van der Waals surface area contributed by atoms with Crippen molar-refractivity contribution in [1.29, 1.82) is 0 Å². The summed E-state index contributed by atoms with van der Waals surface area (Å²) in [5.41, 5.74) is 0.898. The molecule has 1 aromatic carbocycles. The smallest absolute Gasteiger partial charge is 0.314 e. The number of halogens is 1. The standard InChI is InChI=1S/C14H17ClN2O2/c1-3-8(2)6-10(15)9-4-5-11-12(7-9)17-14(19)13(18)16-11/h4-5,7-8,10H,3,6H2,1-2H3,(H,16,18)(H,17,19). The summed E-state index contributed by atoms with van der Waals surface area (Å²) < 4.78 is 0. The molecule has 1 aromatic heterocycles. The molecule has 0 saturated carbocycles. The molecule has 0 radical (unpaired) electrons. The first-order valence-electron chi connectivity index (χ1n) is 6.41. The zero-order valence-corrected chi connectivity index (χ0v) is 11.8. The van der Waals surface area contributed by atoms with Gasteiger partial charge in [0.05, 0.1) is 16.4 Å². The van der Waals surface area contributed by atoms with Crippen LogP contribution in [0.15, 0.2) is 27.8 Å². The summed E-state index contributed by atoms with van der Waals surface area (Å²) in [5.74, 6) is 0.549. The largest absolute Gasteiger partial charge is 0.316 e. The monoisotopic (exact) mass is 280 g/mol. The third kappa shape index (κ3) is 3.07. The molecule has 0 aliphatic carbocycles. The highest BCUT2D eigenvalue weighted by Gasteiger charge is 2.12. The molecule has 0 bridgehead atoms. The van der Waals surface area contributed by atoms with Gasteiger partial charge in [-0.15, -0.1) is 11.6 Å². The summed E-state index contributed by atoms with van der Waals surface area (Å²) in [6.07, 6.45) is 1.97. The topological polar surface area (TPSA) is 65.7 Å². The van der Waals surface area contributed by atoms with Crippen LogP contribution in [0.1, 0.15) is 37.6 Å². The summed E-state index contributed by atoms with van der Waals surface area (Å²) >= 11 is 6.39. The molecule has 2 atom stereocenters. The van der Waals surface area contributed by atoms with Crippen molar-refractivity contribution in [3.8, 4) is 0 Å². The Morgan fingerprint density at radius 2 is 1.79 bits per heavy atom. The molecule has 1 heterocycles. The van der Waals surface area contributed by atoms with Crippen molar-refractivity contribution in [3.63, 3.8) is 0 Å². The van der Waals surface area contributed by atoms with Gasteiger partial charge in [-0.05, 0) is 30.0 Å². The number of fused-ring (bicyclic) bond motifs is 1. The van der Waals surface area contributed by atoms with Crippen molar-refractivity contribution in [2.24, 2.45) is 5.92 Å². The number of aromatic nitrogens is 2. The van der Waals surface area contributed by atoms with Crippen LogP contribution in [0.4, 0.5) is 0 Å². The molecule has 102 valence electrons. The minimum atomic E-state index is -0.641. The maximum Gasteiger partial charge on any atom is 0.314 e. The molecule has 0 amide bonds. The summed E-state index contributed by atoms with van der Waals surface area (Å²) in [7, 11) is 0. The molecule has 2 unspecified atom stereocenters. The van der Waals surface area contributed by atoms with Crippen LogP contribution < -0.4 is 11.1 Å². The van der Waals surface area contributed by atoms with Gasteiger partial charge in [0.25, 0.3) is 0 Å². The molecule has 4 nitrogen and oxygen atoms in total. The number of benzene rings is 1.